The summed E-state index contributed by atoms with van der Waals surface area (Å²) < 4.78 is 11.0. The van der Waals surface area contributed by atoms with Gasteiger partial charge in [0, 0.05) is 128 Å². The van der Waals surface area contributed by atoms with Gasteiger partial charge in [0.2, 0.25) is 34.5 Å². The number of methoxy groups -OCH3 is 2. The molecule has 0 bridgehead atoms. The number of aromatic carboxylic acids is 1. The number of carbonyl (C=O) groups is 7. The van der Waals surface area contributed by atoms with Gasteiger partial charge < -0.3 is 75.2 Å². The SMILES string of the molecule is CN(C)C(=O)c1cc(C#N)cc(N)c1O.CN(C)C(=O)c1cc(C#N)cc([N+](=O)[O-])c1O.CN(C)C(=O)c1cc(I)cc([N+](=O)[O-])c1O.CN(C)C(=O)c1cccc([N+](=O)[O-])c1O.COc1c(C(=O)N(C)C)cc(C#N)cc1[N+](=O)[O-].COc1c(C(=O)N(C)C)cc(I)cc1[N+](=O)[O-].O=C(O)c1cccc([N+](=O)[O-])c1O. The summed E-state index contributed by atoms with van der Waals surface area (Å²) in [5.41, 5.74) is 2.25. The van der Waals surface area contributed by atoms with Crippen molar-refractivity contribution in [2.24, 2.45) is 0 Å². The van der Waals surface area contributed by atoms with Crippen LogP contribution in [-0.2, 0) is 0 Å². The fourth-order valence-electron chi connectivity index (χ4n) is 8.18. The molecule has 0 atom stereocenters. The second-order valence-corrected chi connectivity index (χ2v) is 25.0. The summed E-state index contributed by atoms with van der Waals surface area (Å²) in [7, 11) is 20.7. The van der Waals surface area contributed by atoms with Crippen molar-refractivity contribution in [2.75, 3.05) is 105 Å². The van der Waals surface area contributed by atoms with Gasteiger partial charge in [-0.15, -0.1) is 0 Å². The van der Waals surface area contributed by atoms with Crippen LogP contribution >= 0.6 is 45.2 Å². The van der Waals surface area contributed by atoms with Crippen molar-refractivity contribution in [3.8, 4) is 58.5 Å². The summed E-state index contributed by atoms with van der Waals surface area (Å²) in [5, 5.41) is 146. The maximum absolute atomic E-state index is 11.9. The van der Waals surface area contributed by atoms with Gasteiger partial charge in [-0.3, -0.25) is 89.5 Å². The molecule has 45 heteroatoms. The van der Waals surface area contributed by atoms with Crippen LogP contribution in [0.5, 0.6) is 40.2 Å². The van der Waals surface area contributed by atoms with E-state index in [1.54, 1.807) is 46.4 Å². The van der Waals surface area contributed by atoms with E-state index >= 15 is 0 Å². The number of halogens is 2. The van der Waals surface area contributed by atoms with E-state index in [9.17, 15) is 115 Å². The van der Waals surface area contributed by atoms with Crippen molar-refractivity contribution >= 4 is 126 Å². The summed E-state index contributed by atoms with van der Waals surface area (Å²) >= 11 is 3.77. The lowest BCUT2D eigenvalue weighted by Gasteiger charge is -2.13. The molecule has 0 saturated heterocycles. The van der Waals surface area contributed by atoms with Crippen molar-refractivity contribution in [3.63, 3.8) is 0 Å². The van der Waals surface area contributed by atoms with E-state index in [-0.39, 0.29) is 84.6 Å². The molecule has 0 aliphatic carbocycles. The number of hydrogen-bond donors (Lipinski definition) is 7. The Kier molecular flexibility index (Phi) is 36.3. The average molecular weight is 1770 g/mol. The fraction of sp³-hybridized carbons (Fsp3) is 0.212. The van der Waals surface area contributed by atoms with Gasteiger partial charge in [0.05, 0.1) is 118 Å². The van der Waals surface area contributed by atoms with Crippen LogP contribution in [0.4, 0.5) is 39.8 Å². The van der Waals surface area contributed by atoms with Gasteiger partial charge in [0.25, 0.3) is 35.4 Å². The molecule has 0 radical (unpaired) electrons. The van der Waals surface area contributed by atoms with E-state index < -0.39 is 122 Å². The maximum atomic E-state index is 11.9. The Balaban J connectivity index is 0.000000649. The van der Waals surface area contributed by atoms with Crippen molar-refractivity contribution < 1.29 is 103 Å². The quantitative estimate of drug-likeness (QED) is 0.0167. The second kappa shape index (κ2) is 42.6. The van der Waals surface area contributed by atoms with Crippen LogP contribution in [0.15, 0.2) is 97.1 Å². The first-order chi connectivity index (χ1) is 51.5. The number of phenols is 5. The molecule has 0 unspecified atom stereocenters. The molecule has 586 valence electrons. The molecule has 0 aromatic heterocycles. The van der Waals surface area contributed by atoms with Crippen molar-refractivity contribution in [2.45, 2.75) is 0 Å². The molecule has 0 saturated carbocycles. The van der Waals surface area contributed by atoms with E-state index in [1.165, 1.54) is 150 Å². The predicted molar refractivity (Wildman–Crippen MR) is 406 cm³/mol. The predicted octanol–water partition coefficient (Wildman–Crippen LogP) is 8.12. The number of carbonyl (C=O) groups excluding carboxylic acids is 6. The Morgan fingerprint density at radius 1 is 0.360 bits per heavy atom. The van der Waals surface area contributed by atoms with Crippen molar-refractivity contribution in [1.29, 1.82) is 15.8 Å². The molecule has 7 aromatic carbocycles. The Bertz CT molecular complexity index is 4890. The zero-order valence-corrected chi connectivity index (χ0v) is 64.9. The molecule has 0 fully saturated rings. The number of aromatic hydroxyl groups is 5. The maximum Gasteiger partial charge on any atom is 0.339 e. The average Bonchev–Trinajstić information content (AvgIpc) is 0.824. The van der Waals surface area contributed by atoms with Gasteiger partial charge in [-0.1, -0.05) is 12.1 Å². The number of hydrogen-bond acceptors (Lipinski definition) is 30. The van der Waals surface area contributed by atoms with E-state index in [2.05, 4.69) is 0 Å². The minimum atomic E-state index is -1.40. The highest BCUT2D eigenvalue weighted by atomic mass is 127. The molecule has 0 aliphatic rings. The van der Waals surface area contributed by atoms with Gasteiger partial charge in [0.1, 0.15) is 5.56 Å². The lowest BCUT2D eigenvalue weighted by Crippen LogP contribution is -2.22. The summed E-state index contributed by atoms with van der Waals surface area (Å²) in [6.45, 7) is 0. The Morgan fingerprint density at radius 2 is 0.604 bits per heavy atom. The van der Waals surface area contributed by atoms with Crippen LogP contribution in [0.3, 0.4) is 0 Å². The molecule has 43 nitrogen and oxygen atoms in total. The molecule has 6 amide bonds. The van der Waals surface area contributed by atoms with Gasteiger partial charge in [-0.05, 0) is 93.7 Å². The van der Waals surface area contributed by atoms with Gasteiger partial charge >= 0.3 is 40.1 Å². The minimum Gasteiger partial charge on any atom is -0.505 e. The third-order valence-electron chi connectivity index (χ3n) is 13.4. The number of anilines is 1. The highest BCUT2D eigenvalue weighted by molar-refractivity contribution is 14.1. The topological polar surface area (TPSA) is 635 Å². The molecule has 8 N–H and O–H groups in total. The number of nitro benzene ring substituents is 6. The third-order valence-corrected chi connectivity index (χ3v) is 14.7. The standard InChI is InChI=1S/C11H11N3O4.C10H11IN2O4.C10H9N3O4.C10H11N3O2.C9H9IN2O4.C9H10N2O4.C7H5NO5/c1-13(2)11(15)8-4-7(6-12)5-9(14(16)17)10(8)18-3;1-12(2)10(14)7-4-6(11)5-8(13(15)16)9(7)17-3;1-12(2)10(15)7-3-6(5-11)4-8(9(7)14)13(16)17;1-13(2)10(15)7-3-6(5-11)4-8(12)9(7)14;1-11(2)9(14)6-3-5(10)4-7(8(6)13)12(15)16;1-10(2)9(13)6-4-3-5-7(8(6)12)11(14)15;9-6-4(7(10)11)2-1-3-5(6)8(12)13/h4-5H,1-3H3;4-5H,1-3H3;3-4,14H,1-2H3;3-4,14H,12H2,1-2H3;3-4,13H,1-2H3;3-5,12H,1-2H3;1-3,9H,(H,10,11). The number of benzene rings is 7. The number of carboxylic acid groups (broad SMARTS) is 1. The number of nitrogens with zero attached hydrogens (tertiary/aromatic N) is 15. The number of carboxylic acids is 1. The summed E-state index contributed by atoms with van der Waals surface area (Å²) in [6.07, 6.45) is 0. The number of nitrogen functional groups attached to an aromatic ring is 1. The van der Waals surface area contributed by atoms with Crippen LogP contribution in [0.1, 0.15) is 89.2 Å². The molecule has 7 rings (SSSR count). The lowest BCUT2D eigenvalue weighted by molar-refractivity contribution is -0.386. The van der Waals surface area contributed by atoms with Crippen LogP contribution in [0, 0.1) is 102 Å². The number of para-hydroxylation sites is 2. The van der Waals surface area contributed by atoms with Crippen LogP contribution in [-0.4, -0.2) is 230 Å². The highest BCUT2D eigenvalue weighted by Crippen LogP contribution is 2.38. The number of rotatable bonds is 15. The van der Waals surface area contributed by atoms with Crippen LogP contribution < -0.4 is 15.2 Å². The van der Waals surface area contributed by atoms with Crippen LogP contribution in [0.2, 0.25) is 0 Å². The molecule has 0 aliphatic heterocycles. The van der Waals surface area contributed by atoms with Gasteiger partial charge in [0.15, 0.2) is 5.75 Å². The Labute approximate surface area is 654 Å². The molecule has 0 heterocycles. The summed E-state index contributed by atoms with van der Waals surface area (Å²) in [4.78, 5) is 147. The number of nitro groups is 6. The highest BCUT2D eigenvalue weighted by Gasteiger charge is 2.30. The minimum absolute atomic E-state index is 0.00545. The lowest BCUT2D eigenvalue weighted by atomic mass is 10.1. The Morgan fingerprint density at radius 3 is 0.937 bits per heavy atom. The van der Waals surface area contributed by atoms with Crippen molar-refractivity contribution in [1.82, 2.24) is 29.4 Å². The largest absolute Gasteiger partial charge is 0.505 e. The van der Waals surface area contributed by atoms with Crippen molar-refractivity contribution in [3.05, 3.63) is 221 Å². The first kappa shape index (κ1) is 94.6. The summed E-state index contributed by atoms with van der Waals surface area (Å²) in [6, 6.07) is 25.1. The Hall–Kier alpha value is -14.4. The zero-order valence-electron chi connectivity index (χ0n) is 60.5. The van der Waals surface area contributed by atoms with Gasteiger partial charge in [-0.2, -0.15) is 15.8 Å². The van der Waals surface area contributed by atoms with E-state index in [0.29, 0.717) is 7.14 Å². The number of nitrogens with two attached hydrogens (primary N) is 1. The molecule has 0 spiro atoms. The third kappa shape index (κ3) is 25.9. The molecule has 7 aromatic rings. The monoisotopic (exact) mass is 1770 g/mol. The number of nitriles is 3. The fourth-order valence-corrected chi connectivity index (χ4v) is 9.39. The van der Waals surface area contributed by atoms with E-state index in [1.807, 2.05) is 51.3 Å². The first-order valence-corrected chi connectivity index (χ1v) is 32.0. The molecular weight excluding hydrogens is 1700 g/mol. The van der Waals surface area contributed by atoms with Gasteiger partial charge in [-0.25, -0.2) is 4.79 Å². The first-order valence-electron chi connectivity index (χ1n) is 29.8. The smallest absolute Gasteiger partial charge is 0.339 e. The zero-order chi connectivity index (χ0) is 85.8. The van der Waals surface area contributed by atoms with Crippen LogP contribution in [0.25, 0.3) is 0 Å². The normalized spacial score (nSPS) is 9.63. The van der Waals surface area contributed by atoms with E-state index in [4.69, 9.17) is 41.2 Å². The summed E-state index contributed by atoms with van der Waals surface area (Å²) in [5.74, 6) is -7.32. The molecular formula is C66H66I2N16O27. The number of phenolic OH excluding ortho intramolecular Hbond substituents is 4. The number of ether oxygens (including phenoxy) is 2. The second-order valence-electron chi connectivity index (χ2n) is 22.5. The number of amides is 6. The van der Waals surface area contributed by atoms with E-state index in [0.717, 1.165) is 41.3 Å². The molecule has 111 heavy (non-hydrogen) atoms.